The summed E-state index contributed by atoms with van der Waals surface area (Å²) >= 11 is 0. The summed E-state index contributed by atoms with van der Waals surface area (Å²) in [4.78, 5) is 0. The Kier molecular flexibility index (Phi) is 2.40. The van der Waals surface area contributed by atoms with E-state index in [4.69, 9.17) is 4.42 Å². The lowest BCUT2D eigenvalue weighted by molar-refractivity contribution is 0.436. The lowest BCUT2D eigenvalue weighted by atomic mass is 10.3. The molecule has 1 saturated carbocycles. The van der Waals surface area contributed by atoms with Crippen molar-refractivity contribution < 1.29 is 4.42 Å². The Morgan fingerprint density at radius 2 is 2.23 bits per heavy atom. The molecule has 0 aromatic carbocycles. The molecule has 0 atom stereocenters. The van der Waals surface area contributed by atoms with Crippen LogP contribution in [0.1, 0.15) is 44.1 Å². The first-order chi connectivity index (χ1) is 6.25. The molecule has 1 N–H and O–H groups in total. The molecule has 2 heteroatoms. The lowest BCUT2D eigenvalue weighted by Gasteiger charge is -2.04. The summed E-state index contributed by atoms with van der Waals surface area (Å²) in [6.07, 6.45) is 2.62. The van der Waals surface area contributed by atoms with Crippen molar-refractivity contribution in [1.29, 1.82) is 0 Å². The van der Waals surface area contributed by atoms with Gasteiger partial charge in [-0.05, 0) is 25.0 Å². The van der Waals surface area contributed by atoms with Crippen LogP contribution in [0.4, 0.5) is 0 Å². The van der Waals surface area contributed by atoms with Gasteiger partial charge >= 0.3 is 0 Å². The van der Waals surface area contributed by atoms with Crippen LogP contribution < -0.4 is 5.32 Å². The van der Waals surface area contributed by atoms with Crippen LogP contribution in [-0.2, 0) is 6.54 Å². The Labute approximate surface area is 79.3 Å². The molecule has 2 rings (SSSR count). The molecule has 0 saturated heterocycles. The largest absolute Gasteiger partial charge is 0.464 e. The minimum Gasteiger partial charge on any atom is -0.464 e. The first kappa shape index (κ1) is 8.82. The van der Waals surface area contributed by atoms with Gasteiger partial charge in [0, 0.05) is 12.0 Å². The van der Waals surface area contributed by atoms with Crippen molar-refractivity contribution in [2.24, 2.45) is 0 Å². The summed E-state index contributed by atoms with van der Waals surface area (Å²) in [7, 11) is 0. The Morgan fingerprint density at radius 3 is 2.85 bits per heavy atom. The highest BCUT2D eigenvalue weighted by Crippen LogP contribution is 2.40. The number of hydrogen-bond acceptors (Lipinski definition) is 2. The van der Waals surface area contributed by atoms with E-state index in [1.165, 1.54) is 18.6 Å². The summed E-state index contributed by atoms with van der Waals surface area (Å²) < 4.78 is 5.70. The van der Waals surface area contributed by atoms with Crippen LogP contribution in [0.5, 0.6) is 0 Å². The average Bonchev–Trinajstić information content (AvgIpc) is 2.83. The van der Waals surface area contributed by atoms with Gasteiger partial charge in [-0.3, -0.25) is 0 Å². The third-order valence-electron chi connectivity index (χ3n) is 2.35. The van der Waals surface area contributed by atoms with Gasteiger partial charge in [-0.15, -0.1) is 0 Å². The number of hydrogen-bond donors (Lipinski definition) is 1. The molecule has 1 heterocycles. The Morgan fingerprint density at radius 1 is 1.46 bits per heavy atom. The van der Waals surface area contributed by atoms with Crippen LogP contribution in [0.3, 0.4) is 0 Å². The SMILES string of the molecule is CC(C)NCc1ccc(C2CC2)o1. The Balaban J connectivity index is 1.89. The molecule has 0 amide bonds. The van der Waals surface area contributed by atoms with Crippen molar-refractivity contribution in [3.63, 3.8) is 0 Å². The summed E-state index contributed by atoms with van der Waals surface area (Å²) in [6.45, 7) is 5.14. The van der Waals surface area contributed by atoms with Crippen molar-refractivity contribution >= 4 is 0 Å². The molecular formula is C11H17NO. The van der Waals surface area contributed by atoms with Gasteiger partial charge in [0.25, 0.3) is 0 Å². The molecule has 0 aliphatic heterocycles. The minimum atomic E-state index is 0.523. The van der Waals surface area contributed by atoms with Crippen molar-refractivity contribution in [3.8, 4) is 0 Å². The van der Waals surface area contributed by atoms with E-state index in [-0.39, 0.29) is 0 Å². The predicted molar refractivity (Wildman–Crippen MR) is 52.7 cm³/mol. The standard InChI is InChI=1S/C11H17NO/c1-8(2)12-7-10-5-6-11(13-10)9-3-4-9/h5-6,8-9,12H,3-4,7H2,1-2H3. The number of nitrogens with one attached hydrogen (secondary N) is 1. The fourth-order valence-corrected chi connectivity index (χ4v) is 1.38. The predicted octanol–water partition coefficient (Wildman–Crippen LogP) is 2.66. The van der Waals surface area contributed by atoms with Crippen LogP contribution >= 0.6 is 0 Å². The highest BCUT2D eigenvalue weighted by atomic mass is 16.3. The van der Waals surface area contributed by atoms with Crippen molar-refractivity contribution in [2.75, 3.05) is 0 Å². The topological polar surface area (TPSA) is 25.2 Å². The van der Waals surface area contributed by atoms with E-state index in [9.17, 15) is 0 Å². The zero-order valence-corrected chi connectivity index (χ0v) is 8.34. The minimum absolute atomic E-state index is 0.523. The molecular weight excluding hydrogens is 162 g/mol. The molecule has 0 bridgehead atoms. The Bertz CT molecular complexity index is 273. The second-order valence-corrected chi connectivity index (χ2v) is 4.11. The van der Waals surface area contributed by atoms with E-state index in [0.717, 1.165) is 18.2 Å². The van der Waals surface area contributed by atoms with E-state index in [0.29, 0.717) is 6.04 Å². The summed E-state index contributed by atoms with van der Waals surface area (Å²) in [5.41, 5.74) is 0. The molecule has 0 spiro atoms. The van der Waals surface area contributed by atoms with Crippen LogP contribution in [0, 0.1) is 0 Å². The molecule has 2 nitrogen and oxygen atoms in total. The lowest BCUT2D eigenvalue weighted by Crippen LogP contribution is -2.21. The summed E-state index contributed by atoms with van der Waals surface area (Å²) in [6, 6.07) is 4.73. The third kappa shape index (κ3) is 2.34. The fraction of sp³-hybridized carbons (Fsp3) is 0.636. The van der Waals surface area contributed by atoms with Gasteiger partial charge in [0.05, 0.1) is 6.54 Å². The van der Waals surface area contributed by atoms with Crippen LogP contribution in [-0.4, -0.2) is 6.04 Å². The normalized spacial score (nSPS) is 16.8. The summed E-state index contributed by atoms with van der Waals surface area (Å²) in [5.74, 6) is 2.98. The van der Waals surface area contributed by atoms with E-state index < -0.39 is 0 Å². The second-order valence-electron chi connectivity index (χ2n) is 4.11. The maximum absolute atomic E-state index is 5.70. The van der Waals surface area contributed by atoms with Crippen LogP contribution in [0.2, 0.25) is 0 Å². The molecule has 1 aromatic rings. The molecule has 13 heavy (non-hydrogen) atoms. The maximum atomic E-state index is 5.70. The van der Waals surface area contributed by atoms with Crippen molar-refractivity contribution in [1.82, 2.24) is 5.32 Å². The zero-order chi connectivity index (χ0) is 9.26. The highest BCUT2D eigenvalue weighted by molar-refractivity contribution is 5.15. The molecule has 1 aromatic heterocycles. The van der Waals surface area contributed by atoms with E-state index in [2.05, 4.69) is 31.3 Å². The van der Waals surface area contributed by atoms with Crippen LogP contribution in [0.15, 0.2) is 16.5 Å². The van der Waals surface area contributed by atoms with Gasteiger partial charge in [0.15, 0.2) is 0 Å². The van der Waals surface area contributed by atoms with Crippen molar-refractivity contribution in [3.05, 3.63) is 23.7 Å². The van der Waals surface area contributed by atoms with Gasteiger partial charge in [-0.2, -0.15) is 0 Å². The Hall–Kier alpha value is -0.760. The molecule has 0 radical (unpaired) electrons. The third-order valence-corrected chi connectivity index (χ3v) is 2.35. The van der Waals surface area contributed by atoms with Gasteiger partial charge in [0.1, 0.15) is 11.5 Å². The molecule has 1 fully saturated rings. The first-order valence-corrected chi connectivity index (χ1v) is 5.07. The maximum Gasteiger partial charge on any atom is 0.117 e. The second kappa shape index (κ2) is 3.54. The quantitative estimate of drug-likeness (QED) is 0.768. The zero-order valence-electron chi connectivity index (χ0n) is 8.34. The fourth-order valence-electron chi connectivity index (χ4n) is 1.38. The number of furan rings is 1. The molecule has 1 aliphatic rings. The first-order valence-electron chi connectivity index (χ1n) is 5.07. The van der Waals surface area contributed by atoms with E-state index in [1.54, 1.807) is 0 Å². The van der Waals surface area contributed by atoms with E-state index in [1.807, 2.05) is 0 Å². The molecule has 72 valence electrons. The summed E-state index contributed by atoms with van der Waals surface area (Å²) in [5, 5.41) is 3.34. The van der Waals surface area contributed by atoms with Gasteiger partial charge in [0.2, 0.25) is 0 Å². The van der Waals surface area contributed by atoms with Crippen molar-refractivity contribution in [2.45, 2.75) is 45.2 Å². The van der Waals surface area contributed by atoms with Gasteiger partial charge in [-0.25, -0.2) is 0 Å². The monoisotopic (exact) mass is 179 g/mol. The van der Waals surface area contributed by atoms with E-state index >= 15 is 0 Å². The average molecular weight is 179 g/mol. The van der Waals surface area contributed by atoms with Gasteiger partial charge in [-0.1, -0.05) is 13.8 Å². The number of rotatable bonds is 4. The highest BCUT2D eigenvalue weighted by Gasteiger charge is 2.26. The smallest absolute Gasteiger partial charge is 0.117 e. The molecule has 1 aliphatic carbocycles. The molecule has 0 unspecified atom stereocenters. The van der Waals surface area contributed by atoms with Crippen LogP contribution in [0.25, 0.3) is 0 Å². The van der Waals surface area contributed by atoms with Gasteiger partial charge < -0.3 is 9.73 Å².